The van der Waals surface area contributed by atoms with Crippen molar-refractivity contribution in [3.63, 3.8) is 0 Å². The van der Waals surface area contributed by atoms with E-state index in [1.54, 1.807) is 0 Å². The molecule has 0 radical (unpaired) electrons. The topological polar surface area (TPSA) is 248 Å². The molecule has 0 aliphatic heterocycles. The van der Waals surface area contributed by atoms with Crippen LogP contribution >= 0.6 is 0 Å². The maximum atomic E-state index is 8.53. The first-order valence-electron chi connectivity index (χ1n) is 3.05. The molecule has 0 aliphatic carbocycles. The van der Waals surface area contributed by atoms with E-state index in [2.05, 4.69) is 0 Å². The normalized spacial score (nSPS) is 6.00. The van der Waals surface area contributed by atoms with Gasteiger partial charge in [0.2, 0.25) is 0 Å². The summed E-state index contributed by atoms with van der Waals surface area (Å²) in [5, 5.41) is 88.5. The molecule has 0 atom stereocenters. The smallest absolute Gasteiger partial charge is 0.871 e. The van der Waals surface area contributed by atoms with Crippen LogP contribution in [0.4, 0.5) is 0 Å². The molecule has 18 heavy (non-hydrogen) atoms. The Morgan fingerprint density at radius 1 is 0.444 bits per heavy atom. The summed E-state index contributed by atoms with van der Waals surface area (Å²) < 4.78 is 0. The Hall–Kier alpha value is 3.05. The first kappa shape index (κ1) is 37.4. The molecule has 0 aromatic heterocycles. The molecule has 0 spiro atoms. The first-order valence-corrected chi connectivity index (χ1v) is 3.05. The van der Waals surface area contributed by atoms with E-state index >= 15 is 0 Å². The fourth-order valence-corrected chi connectivity index (χ4v) is 0. The third-order valence-electron chi connectivity index (χ3n) is 0. The maximum Gasteiger partial charge on any atom is 1.00 e. The van der Waals surface area contributed by atoms with Crippen LogP contribution in [0, 0.1) is 0 Å². The van der Waals surface area contributed by atoms with Crippen molar-refractivity contribution in [1.82, 2.24) is 0 Å². The Bertz CT molecular complexity index is 65.1. The third-order valence-corrected chi connectivity index (χ3v) is 0. The number of hydrogen-bond acceptors (Lipinski definition) is 12. The Labute approximate surface area is 188 Å². The van der Waals surface area contributed by atoms with Crippen LogP contribution in [0.1, 0.15) is 0 Å². The predicted molar refractivity (Wildman–Crippen MR) is 45.2 cm³/mol. The molecule has 0 aromatic rings. The molecule has 0 unspecified atom stereocenters. The Morgan fingerprint density at radius 2 is 0.444 bits per heavy atom. The van der Waals surface area contributed by atoms with Crippen molar-refractivity contribution in [2.75, 3.05) is 0 Å². The van der Waals surface area contributed by atoms with Gasteiger partial charge in [0.15, 0.2) is 0 Å². The molecule has 0 fully saturated rings. The van der Waals surface area contributed by atoms with Gasteiger partial charge < -0.3 is 60.3 Å². The SMILES string of the molecule is OB(O)O.OB(O)O.OB(O)O.[K+].[K+].[O-]B([O-])O. The van der Waals surface area contributed by atoms with Crippen LogP contribution < -0.4 is 113 Å². The molecule has 0 aromatic carbocycles. The zero-order valence-corrected chi connectivity index (χ0v) is 15.8. The van der Waals surface area contributed by atoms with Crippen LogP contribution in [0.15, 0.2) is 0 Å². The van der Waals surface area contributed by atoms with E-state index in [1.807, 2.05) is 0 Å². The van der Waals surface area contributed by atoms with Crippen LogP contribution in [0.25, 0.3) is 0 Å². The van der Waals surface area contributed by atoms with Gasteiger partial charge >= 0.3 is 125 Å². The molecule has 0 aliphatic rings. The van der Waals surface area contributed by atoms with Crippen LogP contribution in [0.3, 0.4) is 0 Å². The zero-order valence-electron chi connectivity index (χ0n) is 9.60. The zero-order chi connectivity index (χ0) is 14.3. The van der Waals surface area contributed by atoms with Gasteiger partial charge in [0, 0.05) is 0 Å². The molecule has 10 N–H and O–H groups in total. The van der Waals surface area contributed by atoms with Gasteiger partial charge in [-0.05, 0) is 0 Å². The van der Waals surface area contributed by atoms with E-state index in [-0.39, 0.29) is 103 Å². The molecule has 0 saturated carbocycles. The summed E-state index contributed by atoms with van der Waals surface area (Å²) in [6, 6.07) is 0. The van der Waals surface area contributed by atoms with Crippen LogP contribution in [0.5, 0.6) is 0 Å². The van der Waals surface area contributed by atoms with E-state index in [9.17, 15) is 0 Å². The Morgan fingerprint density at radius 3 is 0.444 bits per heavy atom. The number of rotatable bonds is 0. The Kier molecular flexibility index (Phi) is 66.7. The Balaban J connectivity index is -0.0000000257. The quantitative estimate of drug-likeness (QED) is 0.186. The van der Waals surface area contributed by atoms with Gasteiger partial charge in [-0.15, -0.1) is 0 Å². The van der Waals surface area contributed by atoms with E-state index in [0.29, 0.717) is 0 Å². The van der Waals surface area contributed by atoms with E-state index < -0.39 is 29.3 Å². The van der Waals surface area contributed by atoms with Crippen molar-refractivity contribution in [2.24, 2.45) is 0 Å². The van der Waals surface area contributed by atoms with Gasteiger partial charge in [0.05, 0.1) is 7.32 Å². The molecule has 12 nitrogen and oxygen atoms in total. The van der Waals surface area contributed by atoms with E-state index in [1.165, 1.54) is 0 Å². The molecular weight excluding hydrogens is 313 g/mol. The summed E-state index contributed by atoms with van der Waals surface area (Å²) in [4.78, 5) is 0. The average Bonchev–Trinajstić information content (AvgIpc) is 1.76. The second-order valence-corrected chi connectivity index (χ2v) is 1.35. The predicted octanol–water partition coefficient (Wildman–Crippen LogP) is -15.5. The molecule has 0 heterocycles. The van der Waals surface area contributed by atoms with Gasteiger partial charge in [-0.25, -0.2) is 0 Å². The minimum Gasteiger partial charge on any atom is -0.871 e. The maximum absolute atomic E-state index is 8.53. The molecule has 0 amide bonds. The molecule has 0 saturated heterocycles. The van der Waals surface area contributed by atoms with Crippen molar-refractivity contribution in [2.45, 2.75) is 0 Å². The number of hydrogen-bond donors (Lipinski definition) is 10. The van der Waals surface area contributed by atoms with Crippen molar-refractivity contribution < 1.29 is 163 Å². The molecule has 18 heteroatoms. The third kappa shape index (κ3) is 666. The van der Waals surface area contributed by atoms with Crippen LogP contribution in [0.2, 0.25) is 0 Å². The minimum absolute atomic E-state index is 0. The van der Waals surface area contributed by atoms with Gasteiger partial charge in [0.25, 0.3) is 0 Å². The average molecular weight is 324 g/mol. The van der Waals surface area contributed by atoms with Crippen molar-refractivity contribution in [3.8, 4) is 0 Å². The van der Waals surface area contributed by atoms with Crippen LogP contribution in [-0.2, 0) is 0 Å². The van der Waals surface area contributed by atoms with Crippen molar-refractivity contribution in [1.29, 1.82) is 0 Å². The largest absolute Gasteiger partial charge is 1.00 e. The second-order valence-electron chi connectivity index (χ2n) is 1.35. The summed E-state index contributed by atoms with van der Waals surface area (Å²) >= 11 is 0. The first-order chi connectivity index (χ1) is 6.93. The molecular formula is H10B4K2O12. The summed E-state index contributed by atoms with van der Waals surface area (Å²) in [5.41, 5.74) is 0. The summed E-state index contributed by atoms with van der Waals surface area (Å²) in [6.45, 7) is 0. The van der Waals surface area contributed by atoms with Crippen molar-refractivity contribution in [3.05, 3.63) is 0 Å². The summed E-state index contributed by atoms with van der Waals surface area (Å²) in [6.07, 6.45) is 0. The van der Waals surface area contributed by atoms with Crippen molar-refractivity contribution >= 4 is 29.3 Å². The second kappa shape index (κ2) is 32.1. The summed E-state index contributed by atoms with van der Waals surface area (Å²) in [7, 11) is -9.17. The molecule has 0 rings (SSSR count). The fraction of sp³-hybridized carbons (Fsp3) is 0. The molecule has 96 valence electrons. The summed E-state index contributed by atoms with van der Waals surface area (Å²) in [5.74, 6) is 0. The van der Waals surface area contributed by atoms with E-state index in [4.69, 9.17) is 60.3 Å². The molecule has 0 bridgehead atoms. The minimum atomic E-state index is -2.67. The van der Waals surface area contributed by atoms with Gasteiger partial charge in [-0.2, -0.15) is 0 Å². The fourth-order valence-electron chi connectivity index (χ4n) is 0. The van der Waals surface area contributed by atoms with Gasteiger partial charge in [-0.3, -0.25) is 0 Å². The standard InChI is InChI=1S/3BH3O3.BHO3.2K/c4*2-1(3)4;;/h3*2-4H;2H;;/q;;;-2;2*+1. The van der Waals surface area contributed by atoms with E-state index in [0.717, 1.165) is 0 Å². The van der Waals surface area contributed by atoms with Gasteiger partial charge in [-0.1, -0.05) is 0 Å². The van der Waals surface area contributed by atoms with Crippen LogP contribution in [-0.4, -0.2) is 79.5 Å². The monoisotopic (exact) mass is 324 g/mol. The van der Waals surface area contributed by atoms with Gasteiger partial charge in [0.1, 0.15) is 0 Å².